The van der Waals surface area contributed by atoms with Gasteiger partial charge in [-0.2, -0.15) is 4.98 Å². The van der Waals surface area contributed by atoms with E-state index in [1.54, 1.807) is 0 Å². The predicted molar refractivity (Wildman–Crippen MR) is 120 cm³/mol. The van der Waals surface area contributed by atoms with Gasteiger partial charge in [-0.1, -0.05) is 50.1 Å². The zero-order chi connectivity index (χ0) is 23.1. The summed E-state index contributed by atoms with van der Waals surface area (Å²) in [6.07, 6.45) is 11.1. The molecule has 2 aromatic heterocycles. The lowest BCUT2D eigenvalue weighted by Crippen LogP contribution is -2.25. The average molecular weight is 443 g/mol. The Morgan fingerprint density at radius 1 is 1.25 bits per heavy atom. The van der Waals surface area contributed by atoms with Gasteiger partial charge in [0.25, 0.3) is 0 Å². The first kappa shape index (κ1) is 23.9. The van der Waals surface area contributed by atoms with Crippen molar-refractivity contribution in [3.05, 3.63) is 29.8 Å². The maximum Gasteiger partial charge on any atom is 0.307 e. The topological polar surface area (TPSA) is 121 Å². The number of rotatable bonds is 9. The SMILES string of the molecule is CC(C)(C)OC(=O)CC(CCCC1CCCCC1)c1nc(-c2cc(C(N)=O)ccn2)no1. The number of amides is 1. The highest BCUT2D eigenvalue weighted by molar-refractivity contribution is 5.93. The fraction of sp³-hybridized carbons (Fsp3) is 0.625. The molecular weight excluding hydrogens is 408 g/mol. The zero-order valence-corrected chi connectivity index (χ0v) is 19.3. The second kappa shape index (κ2) is 10.7. The van der Waals surface area contributed by atoms with Crippen molar-refractivity contribution < 1.29 is 18.8 Å². The van der Waals surface area contributed by atoms with Crippen molar-refractivity contribution in [3.8, 4) is 11.5 Å². The van der Waals surface area contributed by atoms with Crippen LogP contribution >= 0.6 is 0 Å². The molecule has 0 saturated heterocycles. The highest BCUT2D eigenvalue weighted by Gasteiger charge is 2.27. The summed E-state index contributed by atoms with van der Waals surface area (Å²) in [5, 5.41) is 4.03. The summed E-state index contributed by atoms with van der Waals surface area (Å²) in [5.41, 5.74) is 5.52. The van der Waals surface area contributed by atoms with E-state index in [2.05, 4.69) is 15.1 Å². The van der Waals surface area contributed by atoms with Gasteiger partial charge in [-0.15, -0.1) is 0 Å². The number of ether oxygens (including phenoxy) is 1. The van der Waals surface area contributed by atoms with Crippen LogP contribution in [0.25, 0.3) is 11.5 Å². The van der Waals surface area contributed by atoms with Gasteiger partial charge < -0.3 is 15.0 Å². The summed E-state index contributed by atoms with van der Waals surface area (Å²) in [6, 6.07) is 3.06. The number of esters is 1. The van der Waals surface area contributed by atoms with Crippen molar-refractivity contribution in [1.29, 1.82) is 0 Å². The molecular formula is C24H34N4O4. The van der Waals surface area contributed by atoms with Crippen molar-refractivity contribution in [2.24, 2.45) is 11.7 Å². The minimum atomic E-state index is -0.553. The minimum Gasteiger partial charge on any atom is -0.460 e. The third-order valence-corrected chi connectivity index (χ3v) is 5.79. The average Bonchev–Trinajstić information content (AvgIpc) is 3.23. The van der Waals surface area contributed by atoms with Gasteiger partial charge in [0.15, 0.2) is 0 Å². The van der Waals surface area contributed by atoms with Crippen molar-refractivity contribution in [3.63, 3.8) is 0 Å². The van der Waals surface area contributed by atoms with Crippen molar-refractivity contribution in [2.45, 2.75) is 90.1 Å². The van der Waals surface area contributed by atoms with Crippen LogP contribution in [-0.2, 0) is 9.53 Å². The van der Waals surface area contributed by atoms with Gasteiger partial charge >= 0.3 is 5.97 Å². The highest BCUT2D eigenvalue weighted by atomic mass is 16.6. The molecule has 1 amide bonds. The summed E-state index contributed by atoms with van der Waals surface area (Å²) in [6.45, 7) is 5.56. The molecule has 0 spiro atoms. The fourth-order valence-corrected chi connectivity index (χ4v) is 4.24. The quantitative estimate of drug-likeness (QED) is 0.554. The standard InChI is InChI=1S/C24H34N4O4/c1-24(2,3)31-20(29)15-18(11-7-10-16-8-5-4-6-9-16)23-27-22(28-32-23)19-14-17(21(25)30)12-13-26-19/h12-14,16,18H,4-11,15H2,1-3H3,(H2,25,30). The Labute approximate surface area is 189 Å². The van der Waals surface area contributed by atoms with Crippen LogP contribution in [0, 0.1) is 5.92 Å². The maximum absolute atomic E-state index is 12.5. The smallest absolute Gasteiger partial charge is 0.307 e. The van der Waals surface area contributed by atoms with E-state index in [1.807, 2.05) is 20.8 Å². The Morgan fingerprint density at radius 3 is 2.69 bits per heavy atom. The van der Waals surface area contributed by atoms with Crippen LogP contribution in [0.2, 0.25) is 0 Å². The van der Waals surface area contributed by atoms with Crippen molar-refractivity contribution >= 4 is 11.9 Å². The minimum absolute atomic E-state index is 0.179. The Balaban J connectivity index is 1.72. The molecule has 174 valence electrons. The molecule has 2 heterocycles. The fourth-order valence-electron chi connectivity index (χ4n) is 4.24. The predicted octanol–water partition coefficient (Wildman–Crippen LogP) is 4.80. The molecule has 1 saturated carbocycles. The maximum atomic E-state index is 12.5. The summed E-state index contributed by atoms with van der Waals surface area (Å²) >= 11 is 0. The van der Waals surface area contributed by atoms with Gasteiger partial charge in [0.1, 0.15) is 11.3 Å². The van der Waals surface area contributed by atoms with Gasteiger partial charge in [0.2, 0.25) is 17.6 Å². The molecule has 1 aliphatic rings. The normalized spacial score (nSPS) is 16.0. The van der Waals surface area contributed by atoms with Gasteiger partial charge in [0.05, 0.1) is 6.42 Å². The number of aromatic nitrogens is 3. The molecule has 8 nitrogen and oxygen atoms in total. The van der Waals surface area contributed by atoms with Crippen LogP contribution in [0.4, 0.5) is 0 Å². The lowest BCUT2D eigenvalue weighted by Gasteiger charge is -2.23. The Hall–Kier alpha value is -2.77. The molecule has 2 aromatic rings. The highest BCUT2D eigenvalue weighted by Crippen LogP contribution is 2.32. The van der Waals surface area contributed by atoms with E-state index in [0.29, 0.717) is 17.1 Å². The molecule has 1 aliphatic carbocycles. The molecule has 32 heavy (non-hydrogen) atoms. The molecule has 0 radical (unpaired) electrons. The lowest BCUT2D eigenvalue weighted by molar-refractivity contribution is -0.155. The number of carbonyl (C=O) groups excluding carboxylic acids is 2. The van der Waals surface area contributed by atoms with Crippen molar-refractivity contribution in [2.75, 3.05) is 0 Å². The Morgan fingerprint density at radius 2 is 2.00 bits per heavy atom. The lowest BCUT2D eigenvalue weighted by atomic mass is 9.84. The number of carbonyl (C=O) groups is 2. The first-order valence-corrected chi connectivity index (χ1v) is 11.5. The Kier molecular flexibility index (Phi) is 7.99. The number of nitrogens with zero attached hydrogens (tertiary/aromatic N) is 3. The van der Waals surface area contributed by atoms with E-state index in [9.17, 15) is 9.59 Å². The van der Waals surface area contributed by atoms with Gasteiger partial charge in [-0.25, -0.2) is 0 Å². The number of primary amides is 1. The summed E-state index contributed by atoms with van der Waals surface area (Å²) in [7, 11) is 0. The molecule has 8 heteroatoms. The van der Waals surface area contributed by atoms with Crippen LogP contribution in [0.1, 0.15) is 101 Å². The van der Waals surface area contributed by atoms with E-state index in [0.717, 1.165) is 25.2 Å². The first-order valence-electron chi connectivity index (χ1n) is 11.5. The molecule has 3 rings (SSSR count). The largest absolute Gasteiger partial charge is 0.460 e. The second-order valence-corrected chi connectivity index (χ2v) is 9.67. The number of pyridine rings is 1. The van der Waals surface area contributed by atoms with Crippen LogP contribution in [-0.4, -0.2) is 32.6 Å². The number of hydrogen-bond donors (Lipinski definition) is 1. The van der Waals surface area contributed by atoms with E-state index < -0.39 is 11.5 Å². The third kappa shape index (κ3) is 7.14. The Bertz CT molecular complexity index is 913. The molecule has 1 fully saturated rings. The first-order chi connectivity index (χ1) is 15.2. The van der Waals surface area contributed by atoms with Gasteiger partial charge in [-0.05, 0) is 45.2 Å². The van der Waals surface area contributed by atoms with Gasteiger partial charge in [0, 0.05) is 17.7 Å². The molecule has 0 bridgehead atoms. The monoisotopic (exact) mass is 442 g/mol. The summed E-state index contributed by atoms with van der Waals surface area (Å²) < 4.78 is 11.1. The zero-order valence-electron chi connectivity index (χ0n) is 19.3. The van der Waals surface area contributed by atoms with E-state index in [1.165, 1.54) is 50.4 Å². The van der Waals surface area contributed by atoms with E-state index in [-0.39, 0.29) is 24.1 Å². The van der Waals surface area contributed by atoms with Crippen LogP contribution in [0.3, 0.4) is 0 Å². The molecule has 2 N–H and O–H groups in total. The molecule has 0 aromatic carbocycles. The van der Waals surface area contributed by atoms with Crippen LogP contribution in [0.15, 0.2) is 22.9 Å². The third-order valence-electron chi connectivity index (χ3n) is 5.79. The molecule has 1 unspecified atom stereocenters. The summed E-state index contributed by atoms with van der Waals surface area (Å²) in [5.74, 6) is 0.362. The van der Waals surface area contributed by atoms with Crippen LogP contribution < -0.4 is 5.73 Å². The number of hydrogen-bond acceptors (Lipinski definition) is 7. The van der Waals surface area contributed by atoms with E-state index >= 15 is 0 Å². The van der Waals surface area contributed by atoms with Crippen molar-refractivity contribution in [1.82, 2.24) is 15.1 Å². The van der Waals surface area contributed by atoms with Gasteiger partial charge in [-0.3, -0.25) is 14.6 Å². The second-order valence-electron chi connectivity index (χ2n) is 9.67. The number of nitrogens with two attached hydrogens (primary N) is 1. The van der Waals surface area contributed by atoms with E-state index in [4.69, 9.17) is 15.0 Å². The van der Waals surface area contributed by atoms with Crippen LogP contribution in [0.5, 0.6) is 0 Å². The molecule has 1 atom stereocenters. The summed E-state index contributed by atoms with van der Waals surface area (Å²) in [4.78, 5) is 32.7. The molecule has 0 aliphatic heterocycles.